The van der Waals surface area contributed by atoms with Gasteiger partial charge in [0.15, 0.2) is 0 Å². The number of carbonyl (C=O) groups is 1. The Balaban J connectivity index is 2.13. The third kappa shape index (κ3) is 3.64. The molecule has 0 spiro atoms. The average Bonchev–Trinajstić information content (AvgIpc) is 2.50. The van der Waals surface area contributed by atoms with Gasteiger partial charge >= 0.3 is 0 Å². The molecule has 0 unspecified atom stereocenters. The van der Waals surface area contributed by atoms with Gasteiger partial charge in [-0.3, -0.25) is 4.79 Å². The molecule has 0 aromatic heterocycles. The third-order valence-electron chi connectivity index (χ3n) is 3.46. The van der Waals surface area contributed by atoms with Crippen LogP contribution in [0.2, 0.25) is 0 Å². The van der Waals surface area contributed by atoms with E-state index < -0.39 is 0 Å². The van der Waals surface area contributed by atoms with Crippen molar-refractivity contribution >= 4 is 27.5 Å². The van der Waals surface area contributed by atoms with Gasteiger partial charge in [0.25, 0.3) is 5.91 Å². The largest absolute Gasteiger partial charge is 0.398 e. The molecule has 21 heavy (non-hydrogen) atoms. The summed E-state index contributed by atoms with van der Waals surface area (Å²) >= 11 is 3.38. The maximum Gasteiger partial charge on any atom is 0.255 e. The first-order chi connectivity index (χ1) is 10.0. The molecule has 2 aromatic carbocycles. The van der Waals surface area contributed by atoms with Crippen LogP contribution < -0.4 is 5.73 Å². The minimum Gasteiger partial charge on any atom is -0.398 e. The Hall–Kier alpha value is -1.81. The van der Waals surface area contributed by atoms with Crippen molar-refractivity contribution in [3.63, 3.8) is 0 Å². The van der Waals surface area contributed by atoms with Crippen LogP contribution in [0.5, 0.6) is 0 Å². The van der Waals surface area contributed by atoms with Gasteiger partial charge in [-0.05, 0) is 45.6 Å². The van der Waals surface area contributed by atoms with E-state index in [2.05, 4.69) is 47.1 Å². The van der Waals surface area contributed by atoms with Gasteiger partial charge in [0, 0.05) is 19.3 Å². The Morgan fingerprint density at radius 3 is 2.38 bits per heavy atom. The molecule has 3 nitrogen and oxygen atoms in total. The number of hydrogen-bond donors (Lipinski definition) is 1. The monoisotopic (exact) mass is 346 g/mol. The van der Waals surface area contributed by atoms with E-state index in [1.165, 1.54) is 5.56 Å². The molecule has 1 amide bonds. The van der Waals surface area contributed by atoms with E-state index in [0.29, 0.717) is 22.3 Å². The van der Waals surface area contributed by atoms with Crippen molar-refractivity contribution in [2.75, 3.05) is 12.8 Å². The summed E-state index contributed by atoms with van der Waals surface area (Å²) in [6, 6.07) is 13.7. The van der Waals surface area contributed by atoms with E-state index in [1.807, 2.05) is 0 Å². The first kappa shape index (κ1) is 15.6. The number of rotatable bonds is 4. The lowest BCUT2D eigenvalue weighted by atomic mass is 10.1. The molecule has 0 aliphatic carbocycles. The molecular formula is C17H19BrN2O. The zero-order chi connectivity index (χ0) is 15.4. The van der Waals surface area contributed by atoms with Gasteiger partial charge < -0.3 is 10.6 Å². The molecular weight excluding hydrogens is 328 g/mol. The van der Waals surface area contributed by atoms with E-state index in [4.69, 9.17) is 5.73 Å². The molecule has 0 heterocycles. The number of halogens is 1. The normalized spacial score (nSPS) is 10.4. The van der Waals surface area contributed by atoms with Gasteiger partial charge in [0.2, 0.25) is 0 Å². The zero-order valence-corrected chi connectivity index (χ0v) is 13.9. The summed E-state index contributed by atoms with van der Waals surface area (Å²) in [7, 11) is 1.80. The predicted octanol–water partition coefficient (Wildman–Crippen LogP) is 3.87. The summed E-state index contributed by atoms with van der Waals surface area (Å²) in [5.74, 6) is -0.0475. The fraction of sp³-hybridized carbons (Fsp3) is 0.235. The highest BCUT2D eigenvalue weighted by Crippen LogP contribution is 2.25. The number of nitrogens with zero attached hydrogens (tertiary/aromatic N) is 1. The Morgan fingerprint density at radius 2 is 1.76 bits per heavy atom. The van der Waals surface area contributed by atoms with Gasteiger partial charge in [-0.25, -0.2) is 0 Å². The standard InChI is InChI=1S/C17H19BrN2O/c1-3-12-7-9-13(10-8-12)11-20(2)17(21)14-5-4-6-15(19)16(14)18/h4-10H,3,11,19H2,1-2H3. The van der Waals surface area contributed by atoms with Gasteiger partial charge in [-0.1, -0.05) is 37.3 Å². The summed E-state index contributed by atoms with van der Waals surface area (Å²) in [6.45, 7) is 2.70. The SMILES string of the molecule is CCc1ccc(CN(C)C(=O)c2cccc(N)c2Br)cc1. The first-order valence-electron chi connectivity index (χ1n) is 6.90. The zero-order valence-electron chi connectivity index (χ0n) is 12.3. The van der Waals surface area contributed by atoms with E-state index in [-0.39, 0.29) is 5.91 Å². The lowest BCUT2D eigenvalue weighted by Gasteiger charge is -2.18. The number of carbonyl (C=O) groups excluding carboxylic acids is 1. The Bertz CT molecular complexity index is 638. The summed E-state index contributed by atoms with van der Waals surface area (Å²) < 4.78 is 0.656. The Morgan fingerprint density at radius 1 is 1.14 bits per heavy atom. The van der Waals surface area contributed by atoms with Crippen LogP contribution in [-0.2, 0) is 13.0 Å². The maximum atomic E-state index is 12.5. The number of nitrogens with two attached hydrogens (primary N) is 1. The average molecular weight is 347 g/mol. The molecule has 2 aromatic rings. The van der Waals surface area contributed by atoms with Gasteiger partial charge in [0.1, 0.15) is 0 Å². The van der Waals surface area contributed by atoms with Crippen molar-refractivity contribution in [1.29, 1.82) is 0 Å². The van der Waals surface area contributed by atoms with Crippen molar-refractivity contribution in [3.8, 4) is 0 Å². The summed E-state index contributed by atoms with van der Waals surface area (Å²) in [5, 5.41) is 0. The van der Waals surface area contributed by atoms with Crippen LogP contribution in [0, 0.1) is 0 Å². The van der Waals surface area contributed by atoms with Gasteiger partial charge in [-0.2, -0.15) is 0 Å². The van der Waals surface area contributed by atoms with E-state index in [1.54, 1.807) is 30.1 Å². The maximum absolute atomic E-state index is 12.5. The van der Waals surface area contributed by atoms with Crippen LogP contribution in [0.25, 0.3) is 0 Å². The number of aryl methyl sites for hydroxylation is 1. The number of hydrogen-bond acceptors (Lipinski definition) is 2. The van der Waals surface area contributed by atoms with Crippen LogP contribution in [0.15, 0.2) is 46.9 Å². The highest BCUT2D eigenvalue weighted by atomic mass is 79.9. The highest BCUT2D eigenvalue weighted by Gasteiger charge is 2.16. The molecule has 110 valence electrons. The fourth-order valence-electron chi connectivity index (χ4n) is 2.15. The number of nitrogen functional groups attached to an aromatic ring is 1. The molecule has 0 saturated carbocycles. The summed E-state index contributed by atoms with van der Waals surface area (Å²) in [6.07, 6.45) is 1.02. The molecule has 0 saturated heterocycles. The highest BCUT2D eigenvalue weighted by molar-refractivity contribution is 9.10. The van der Waals surface area contributed by atoms with Crippen molar-refractivity contribution in [3.05, 3.63) is 63.6 Å². The topological polar surface area (TPSA) is 46.3 Å². The molecule has 4 heteroatoms. The second kappa shape index (κ2) is 6.76. The molecule has 0 aliphatic rings. The third-order valence-corrected chi connectivity index (χ3v) is 4.34. The lowest BCUT2D eigenvalue weighted by molar-refractivity contribution is 0.0784. The molecule has 2 N–H and O–H groups in total. The van der Waals surface area contributed by atoms with Crippen molar-refractivity contribution < 1.29 is 4.79 Å². The van der Waals surface area contributed by atoms with E-state index in [0.717, 1.165) is 12.0 Å². The molecule has 0 aliphatic heterocycles. The van der Waals surface area contributed by atoms with Crippen LogP contribution in [0.1, 0.15) is 28.4 Å². The predicted molar refractivity (Wildman–Crippen MR) is 90.2 cm³/mol. The molecule has 0 radical (unpaired) electrons. The minimum atomic E-state index is -0.0475. The van der Waals surface area contributed by atoms with Gasteiger partial charge in [0.05, 0.1) is 10.0 Å². The summed E-state index contributed by atoms with van der Waals surface area (Å²) in [5.41, 5.74) is 9.39. The number of amides is 1. The Labute approximate surface area is 133 Å². The fourth-order valence-corrected chi connectivity index (χ4v) is 2.58. The van der Waals surface area contributed by atoms with E-state index >= 15 is 0 Å². The molecule has 2 rings (SSSR count). The first-order valence-corrected chi connectivity index (χ1v) is 7.69. The quantitative estimate of drug-likeness (QED) is 0.854. The van der Waals surface area contributed by atoms with Crippen molar-refractivity contribution in [2.45, 2.75) is 19.9 Å². The van der Waals surface area contributed by atoms with Crippen LogP contribution in [0.4, 0.5) is 5.69 Å². The van der Waals surface area contributed by atoms with Crippen LogP contribution in [-0.4, -0.2) is 17.9 Å². The smallest absolute Gasteiger partial charge is 0.255 e. The van der Waals surface area contributed by atoms with Crippen molar-refractivity contribution in [2.24, 2.45) is 0 Å². The molecule has 0 bridgehead atoms. The molecule has 0 atom stereocenters. The second-order valence-corrected chi connectivity index (χ2v) is 5.83. The lowest BCUT2D eigenvalue weighted by Crippen LogP contribution is -2.26. The van der Waals surface area contributed by atoms with Crippen LogP contribution >= 0.6 is 15.9 Å². The number of anilines is 1. The second-order valence-electron chi connectivity index (χ2n) is 5.04. The Kier molecular flexibility index (Phi) is 5.02. The summed E-state index contributed by atoms with van der Waals surface area (Å²) in [4.78, 5) is 14.2. The van der Waals surface area contributed by atoms with Crippen LogP contribution in [0.3, 0.4) is 0 Å². The molecule has 0 fully saturated rings. The number of benzene rings is 2. The van der Waals surface area contributed by atoms with E-state index in [9.17, 15) is 4.79 Å². The van der Waals surface area contributed by atoms with Gasteiger partial charge in [-0.15, -0.1) is 0 Å². The minimum absolute atomic E-state index is 0.0475. The van der Waals surface area contributed by atoms with Crippen molar-refractivity contribution in [1.82, 2.24) is 4.90 Å².